The molecule has 0 bridgehead atoms. The predicted octanol–water partition coefficient (Wildman–Crippen LogP) is 3.47. The fraction of sp³-hybridized carbons (Fsp3) is 0.389. The van der Waals surface area contributed by atoms with Crippen molar-refractivity contribution >= 4 is 11.6 Å². The molecule has 0 saturated heterocycles. The zero-order chi connectivity index (χ0) is 19.3. The molecule has 0 aliphatic carbocycles. The van der Waals surface area contributed by atoms with E-state index in [-0.39, 0.29) is 28.9 Å². The van der Waals surface area contributed by atoms with Crippen LogP contribution in [0.25, 0.3) is 5.65 Å². The van der Waals surface area contributed by atoms with Gasteiger partial charge in [-0.3, -0.25) is 4.79 Å². The summed E-state index contributed by atoms with van der Waals surface area (Å²) in [6.45, 7) is 4.57. The number of carbonyl (C=O) groups is 1. The molecule has 3 aromatic heterocycles. The van der Waals surface area contributed by atoms with Gasteiger partial charge in [0.05, 0.1) is 12.2 Å². The predicted molar refractivity (Wildman–Crippen MR) is 91.2 cm³/mol. The molecular weight excluding hydrogens is 359 g/mol. The molecule has 1 atom stereocenters. The molecule has 0 N–H and O–H groups in total. The van der Waals surface area contributed by atoms with Gasteiger partial charge in [0.15, 0.2) is 5.65 Å². The van der Waals surface area contributed by atoms with Gasteiger partial charge in [-0.25, -0.2) is 9.50 Å². The zero-order valence-corrected chi connectivity index (χ0v) is 14.9. The SMILES string of the molecule is CCC1c2cccn2CCN1C(=O)c1cnn2c(C(F)(F)F)cc(C)nc12. The topological polar surface area (TPSA) is 55.4 Å². The van der Waals surface area contributed by atoms with Gasteiger partial charge in [0.2, 0.25) is 0 Å². The van der Waals surface area contributed by atoms with E-state index in [1.54, 1.807) is 4.90 Å². The minimum atomic E-state index is -4.59. The summed E-state index contributed by atoms with van der Waals surface area (Å²) in [6.07, 6.45) is -0.735. The number of alkyl halides is 3. The van der Waals surface area contributed by atoms with E-state index in [1.807, 2.05) is 25.3 Å². The number of amides is 1. The zero-order valence-electron chi connectivity index (χ0n) is 14.9. The third kappa shape index (κ3) is 2.77. The number of carbonyl (C=O) groups excluding carboxylic acids is 1. The maximum absolute atomic E-state index is 13.3. The summed E-state index contributed by atoms with van der Waals surface area (Å²) in [7, 11) is 0. The largest absolute Gasteiger partial charge is 0.433 e. The molecule has 27 heavy (non-hydrogen) atoms. The van der Waals surface area contributed by atoms with E-state index in [1.165, 1.54) is 13.1 Å². The second kappa shape index (κ2) is 6.11. The summed E-state index contributed by atoms with van der Waals surface area (Å²) in [5.74, 6) is -0.351. The Morgan fingerprint density at radius 2 is 2.11 bits per heavy atom. The molecule has 0 fully saturated rings. The minimum absolute atomic E-state index is 0.0665. The second-order valence-electron chi connectivity index (χ2n) is 6.62. The van der Waals surface area contributed by atoms with E-state index < -0.39 is 11.9 Å². The van der Waals surface area contributed by atoms with Crippen LogP contribution in [0.4, 0.5) is 13.2 Å². The lowest BCUT2D eigenvalue weighted by molar-refractivity contribution is -0.142. The van der Waals surface area contributed by atoms with Crippen molar-refractivity contribution in [1.29, 1.82) is 0 Å². The molecule has 4 rings (SSSR count). The van der Waals surface area contributed by atoms with E-state index in [9.17, 15) is 18.0 Å². The average molecular weight is 377 g/mol. The Kier molecular flexibility index (Phi) is 3.97. The molecule has 1 amide bonds. The van der Waals surface area contributed by atoms with Gasteiger partial charge in [-0.2, -0.15) is 18.3 Å². The van der Waals surface area contributed by atoms with Crippen LogP contribution in [0.2, 0.25) is 0 Å². The van der Waals surface area contributed by atoms with Crippen LogP contribution in [0.15, 0.2) is 30.6 Å². The van der Waals surface area contributed by atoms with Gasteiger partial charge in [0.25, 0.3) is 5.91 Å². The summed E-state index contributed by atoms with van der Waals surface area (Å²) in [4.78, 5) is 19.0. The number of aromatic nitrogens is 4. The summed E-state index contributed by atoms with van der Waals surface area (Å²) in [5, 5.41) is 3.81. The molecule has 0 aromatic carbocycles. The summed E-state index contributed by atoms with van der Waals surface area (Å²) in [5.41, 5.74) is 0.284. The summed E-state index contributed by atoms with van der Waals surface area (Å²) < 4.78 is 42.8. The Bertz CT molecular complexity index is 1020. The van der Waals surface area contributed by atoms with Gasteiger partial charge in [-0.05, 0) is 31.5 Å². The van der Waals surface area contributed by atoms with Gasteiger partial charge >= 0.3 is 6.18 Å². The van der Waals surface area contributed by atoms with E-state index in [0.717, 1.165) is 11.8 Å². The number of halogens is 3. The van der Waals surface area contributed by atoms with Crippen LogP contribution in [0.1, 0.15) is 46.8 Å². The Balaban J connectivity index is 1.79. The van der Waals surface area contributed by atoms with Crippen molar-refractivity contribution in [2.75, 3.05) is 6.54 Å². The fourth-order valence-corrected chi connectivity index (χ4v) is 3.73. The van der Waals surface area contributed by atoms with E-state index >= 15 is 0 Å². The van der Waals surface area contributed by atoms with Crippen molar-refractivity contribution in [2.45, 2.75) is 39.0 Å². The van der Waals surface area contributed by atoms with Gasteiger partial charge < -0.3 is 9.47 Å². The molecule has 9 heteroatoms. The fourth-order valence-electron chi connectivity index (χ4n) is 3.73. The molecule has 0 saturated carbocycles. The van der Waals surface area contributed by atoms with E-state index in [0.29, 0.717) is 24.0 Å². The average Bonchev–Trinajstić information content (AvgIpc) is 3.25. The van der Waals surface area contributed by atoms with Crippen LogP contribution >= 0.6 is 0 Å². The minimum Gasteiger partial charge on any atom is -0.348 e. The summed E-state index contributed by atoms with van der Waals surface area (Å²) >= 11 is 0. The van der Waals surface area contributed by atoms with E-state index in [2.05, 4.69) is 14.6 Å². The molecule has 142 valence electrons. The monoisotopic (exact) mass is 377 g/mol. The molecule has 6 nitrogen and oxygen atoms in total. The van der Waals surface area contributed by atoms with Crippen molar-refractivity contribution in [3.8, 4) is 0 Å². The first-order chi connectivity index (χ1) is 12.8. The smallest absolute Gasteiger partial charge is 0.348 e. The molecule has 1 unspecified atom stereocenters. The number of nitrogens with zero attached hydrogens (tertiary/aromatic N) is 5. The molecule has 0 radical (unpaired) electrons. The third-order valence-corrected chi connectivity index (χ3v) is 4.93. The van der Waals surface area contributed by atoms with Gasteiger partial charge in [0, 0.05) is 30.7 Å². The molecule has 0 spiro atoms. The molecular formula is C18H18F3N5O. The number of hydrogen-bond acceptors (Lipinski definition) is 3. The van der Waals surface area contributed by atoms with Crippen molar-refractivity contribution < 1.29 is 18.0 Å². The standard InChI is InChI=1S/C18H18F3N5O/c1-3-13-14-5-4-6-24(14)7-8-25(13)17(27)12-10-22-26-15(18(19,20)21)9-11(2)23-16(12)26/h4-6,9-10,13H,3,7-8H2,1-2H3. The van der Waals surface area contributed by atoms with Crippen LogP contribution in [0.5, 0.6) is 0 Å². The van der Waals surface area contributed by atoms with E-state index in [4.69, 9.17) is 0 Å². The van der Waals surface area contributed by atoms with Gasteiger partial charge in [-0.15, -0.1) is 0 Å². The highest BCUT2D eigenvalue weighted by Gasteiger charge is 2.37. The van der Waals surface area contributed by atoms with Crippen molar-refractivity contribution in [3.05, 3.63) is 53.2 Å². The first kappa shape index (κ1) is 17.6. The highest BCUT2D eigenvalue weighted by Crippen LogP contribution is 2.33. The van der Waals surface area contributed by atoms with Crippen LogP contribution in [-0.4, -0.2) is 36.5 Å². The quantitative estimate of drug-likeness (QED) is 0.687. The number of fused-ring (bicyclic) bond motifs is 2. The number of aryl methyl sites for hydroxylation is 1. The second-order valence-corrected chi connectivity index (χ2v) is 6.62. The van der Waals surface area contributed by atoms with Crippen LogP contribution in [-0.2, 0) is 12.7 Å². The highest BCUT2D eigenvalue weighted by molar-refractivity contribution is 6.00. The first-order valence-corrected chi connectivity index (χ1v) is 8.70. The maximum atomic E-state index is 13.3. The lowest BCUT2D eigenvalue weighted by Crippen LogP contribution is -2.41. The van der Waals surface area contributed by atoms with Crippen molar-refractivity contribution in [2.24, 2.45) is 0 Å². The lowest BCUT2D eigenvalue weighted by atomic mass is 10.1. The van der Waals surface area contributed by atoms with Crippen LogP contribution < -0.4 is 0 Å². The Morgan fingerprint density at radius 1 is 1.33 bits per heavy atom. The van der Waals surface area contributed by atoms with Crippen LogP contribution in [0.3, 0.4) is 0 Å². The van der Waals surface area contributed by atoms with Crippen molar-refractivity contribution in [1.82, 2.24) is 24.1 Å². The molecule has 1 aliphatic heterocycles. The highest BCUT2D eigenvalue weighted by atomic mass is 19.4. The van der Waals surface area contributed by atoms with Crippen molar-refractivity contribution in [3.63, 3.8) is 0 Å². The summed E-state index contributed by atoms with van der Waals surface area (Å²) in [6, 6.07) is 4.69. The third-order valence-electron chi connectivity index (χ3n) is 4.93. The molecule has 1 aliphatic rings. The number of hydrogen-bond donors (Lipinski definition) is 0. The molecule has 4 heterocycles. The Hall–Kier alpha value is -2.84. The van der Waals surface area contributed by atoms with Crippen LogP contribution in [0, 0.1) is 6.92 Å². The van der Waals surface area contributed by atoms with Gasteiger partial charge in [0.1, 0.15) is 11.3 Å². The number of rotatable bonds is 2. The first-order valence-electron chi connectivity index (χ1n) is 8.70. The van der Waals surface area contributed by atoms with Gasteiger partial charge in [-0.1, -0.05) is 6.92 Å². The lowest BCUT2D eigenvalue weighted by Gasteiger charge is -2.36. The maximum Gasteiger partial charge on any atom is 0.433 e. The Morgan fingerprint density at radius 3 is 2.81 bits per heavy atom. The Labute approximate surface area is 153 Å². The normalized spacial score (nSPS) is 17.4. The molecule has 3 aromatic rings.